The van der Waals surface area contributed by atoms with Gasteiger partial charge < -0.3 is 10.1 Å². The van der Waals surface area contributed by atoms with Crippen molar-refractivity contribution in [3.8, 4) is 0 Å². The van der Waals surface area contributed by atoms with Gasteiger partial charge in [0.1, 0.15) is 0 Å². The lowest BCUT2D eigenvalue weighted by Gasteiger charge is -2.17. The SMILES string of the molecule is CC(C)NCc1ccc(CN(C)CCOC(C)C)nc1. The Morgan fingerprint density at radius 2 is 2.00 bits per heavy atom. The minimum absolute atomic E-state index is 0.300. The van der Waals surface area contributed by atoms with E-state index >= 15 is 0 Å². The zero-order valence-electron chi connectivity index (χ0n) is 13.5. The predicted octanol–water partition coefficient (Wildman–Crippen LogP) is 2.44. The second kappa shape index (κ2) is 9.06. The summed E-state index contributed by atoms with van der Waals surface area (Å²) in [5, 5.41) is 3.39. The van der Waals surface area contributed by atoms with Crippen molar-refractivity contribution in [2.75, 3.05) is 20.2 Å². The molecule has 0 saturated heterocycles. The largest absolute Gasteiger partial charge is 0.377 e. The number of aromatic nitrogens is 1. The highest BCUT2D eigenvalue weighted by Crippen LogP contribution is 2.03. The van der Waals surface area contributed by atoms with E-state index in [1.54, 1.807) is 0 Å². The Morgan fingerprint density at radius 3 is 2.55 bits per heavy atom. The third kappa shape index (κ3) is 7.58. The molecule has 0 atom stereocenters. The van der Waals surface area contributed by atoms with Gasteiger partial charge in [0, 0.05) is 31.9 Å². The minimum atomic E-state index is 0.300. The average Bonchev–Trinajstić information content (AvgIpc) is 2.37. The molecule has 4 heteroatoms. The molecule has 1 aromatic heterocycles. The Balaban J connectivity index is 2.33. The monoisotopic (exact) mass is 279 g/mol. The quantitative estimate of drug-likeness (QED) is 0.753. The Labute approximate surface area is 123 Å². The maximum atomic E-state index is 5.55. The molecular weight excluding hydrogens is 250 g/mol. The van der Waals surface area contributed by atoms with Gasteiger partial charge in [-0.25, -0.2) is 0 Å². The maximum Gasteiger partial charge on any atom is 0.0596 e. The van der Waals surface area contributed by atoms with E-state index in [0.29, 0.717) is 12.1 Å². The van der Waals surface area contributed by atoms with Crippen LogP contribution in [-0.2, 0) is 17.8 Å². The molecule has 1 heterocycles. The lowest BCUT2D eigenvalue weighted by Crippen LogP contribution is -2.24. The van der Waals surface area contributed by atoms with E-state index in [-0.39, 0.29) is 0 Å². The van der Waals surface area contributed by atoms with E-state index in [9.17, 15) is 0 Å². The van der Waals surface area contributed by atoms with Crippen molar-refractivity contribution in [2.45, 2.75) is 52.9 Å². The molecule has 114 valence electrons. The van der Waals surface area contributed by atoms with Crippen LogP contribution >= 0.6 is 0 Å². The normalized spacial score (nSPS) is 11.8. The summed E-state index contributed by atoms with van der Waals surface area (Å²) in [4.78, 5) is 6.75. The molecule has 0 amide bonds. The fourth-order valence-electron chi connectivity index (χ4n) is 1.78. The second-order valence-electron chi connectivity index (χ2n) is 5.85. The molecule has 0 fully saturated rings. The van der Waals surface area contributed by atoms with Gasteiger partial charge in [-0.1, -0.05) is 19.9 Å². The van der Waals surface area contributed by atoms with E-state index in [1.807, 2.05) is 6.20 Å². The summed E-state index contributed by atoms with van der Waals surface area (Å²) in [6.07, 6.45) is 2.26. The molecule has 1 aromatic rings. The third-order valence-corrected chi connectivity index (χ3v) is 2.96. The van der Waals surface area contributed by atoms with Crippen LogP contribution in [0.3, 0.4) is 0 Å². The van der Waals surface area contributed by atoms with Crippen LogP contribution in [0.1, 0.15) is 39.0 Å². The molecule has 0 aliphatic heterocycles. The Hall–Kier alpha value is -0.970. The zero-order valence-corrected chi connectivity index (χ0v) is 13.5. The van der Waals surface area contributed by atoms with E-state index in [0.717, 1.165) is 31.9 Å². The van der Waals surface area contributed by atoms with E-state index in [4.69, 9.17) is 4.74 Å². The maximum absolute atomic E-state index is 5.55. The highest BCUT2D eigenvalue weighted by Gasteiger charge is 2.03. The average molecular weight is 279 g/mol. The fraction of sp³-hybridized carbons (Fsp3) is 0.688. The van der Waals surface area contributed by atoms with Crippen molar-refractivity contribution < 1.29 is 4.74 Å². The van der Waals surface area contributed by atoms with Gasteiger partial charge >= 0.3 is 0 Å². The van der Waals surface area contributed by atoms with Crippen LogP contribution in [0, 0.1) is 0 Å². The number of hydrogen-bond donors (Lipinski definition) is 1. The summed E-state index contributed by atoms with van der Waals surface area (Å²) in [5.41, 5.74) is 2.33. The number of ether oxygens (including phenoxy) is 1. The van der Waals surface area contributed by atoms with Crippen LogP contribution in [0.25, 0.3) is 0 Å². The van der Waals surface area contributed by atoms with Crippen molar-refractivity contribution in [3.63, 3.8) is 0 Å². The van der Waals surface area contributed by atoms with Gasteiger partial charge in [-0.05, 0) is 32.5 Å². The number of hydrogen-bond acceptors (Lipinski definition) is 4. The topological polar surface area (TPSA) is 37.4 Å². The van der Waals surface area contributed by atoms with Crippen LogP contribution in [0.5, 0.6) is 0 Å². The van der Waals surface area contributed by atoms with Crippen molar-refractivity contribution in [2.24, 2.45) is 0 Å². The van der Waals surface area contributed by atoms with E-state index in [2.05, 4.69) is 62.1 Å². The minimum Gasteiger partial charge on any atom is -0.377 e. The van der Waals surface area contributed by atoms with Crippen molar-refractivity contribution >= 4 is 0 Å². The summed E-state index contributed by atoms with van der Waals surface area (Å²) >= 11 is 0. The summed E-state index contributed by atoms with van der Waals surface area (Å²) in [6, 6.07) is 4.76. The summed E-state index contributed by atoms with van der Waals surface area (Å²) in [6.45, 7) is 11.9. The van der Waals surface area contributed by atoms with Crippen molar-refractivity contribution in [1.82, 2.24) is 15.2 Å². The molecule has 1 rings (SSSR count). The van der Waals surface area contributed by atoms with Gasteiger partial charge in [-0.3, -0.25) is 9.88 Å². The predicted molar refractivity (Wildman–Crippen MR) is 83.6 cm³/mol. The molecule has 20 heavy (non-hydrogen) atoms. The van der Waals surface area contributed by atoms with Gasteiger partial charge in [0.05, 0.1) is 18.4 Å². The zero-order chi connectivity index (χ0) is 15.0. The van der Waals surface area contributed by atoms with E-state index < -0.39 is 0 Å². The Morgan fingerprint density at radius 1 is 1.25 bits per heavy atom. The van der Waals surface area contributed by atoms with Crippen molar-refractivity contribution in [1.29, 1.82) is 0 Å². The summed E-state index contributed by atoms with van der Waals surface area (Å²) in [7, 11) is 2.10. The first-order chi connectivity index (χ1) is 9.47. The highest BCUT2D eigenvalue weighted by molar-refractivity contribution is 5.14. The lowest BCUT2D eigenvalue weighted by molar-refractivity contribution is 0.0625. The summed E-state index contributed by atoms with van der Waals surface area (Å²) < 4.78 is 5.55. The van der Waals surface area contributed by atoms with E-state index in [1.165, 1.54) is 5.56 Å². The molecule has 1 N–H and O–H groups in total. The first kappa shape index (κ1) is 17.1. The number of rotatable bonds is 9. The molecule has 0 radical (unpaired) electrons. The molecule has 0 bridgehead atoms. The van der Waals surface area contributed by atoms with Crippen LogP contribution in [0.4, 0.5) is 0 Å². The van der Waals surface area contributed by atoms with Gasteiger partial charge in [-0.2, -0.15) is 0 Å². The number of likely N-dealkylation sites (N-methyl/N-ethyl adjacent to an activating group) is 1. The van der Waals surface area contributed by atoms with Gasteiger partial charge in [0.25, 0.3) is 0 Å². The van der Waals surface area contributed by atoms with Crippen LogP contribution in [-0.4, -0.2) is 42.2 Å². The first-order valence-corrected chi connectivity index (χ1v) is 7.44. The number of nitrogens with one attached hydrogen (secondary N) is 1. The highest BCUT2D eigenvalue weighted by atomic mass is 16.5. The Bertz CT molecular complexity index is 362. The van der Waals surface area contributed by atoms with Crippen LogP contribution < -0.4 is 5.32 Å². The van der Waals surface area contributed by atoms with Crippen LogP contribution in [0.15, 0.2) is 18.3 Å². The second-order valence-corrected chi connectivity index (χ2v) is 5.85. The fourth-order valence-corrected chi connectivity index (χ4v) is 1.78. The number of nitrogens with zero attached hydrogens (tertiary/aromatic N) is 2. The molecule has 0 spiro atoms. The van der Waals surface area contributed by atoms with Crippen molar-refractivity contribution in [3.05, 3.63) is 29.6 Å². The summed E-state index contributed by atoms with van der Waals surface area (Å²) in [5.74, 6) is 0. The lowest BCUT2D eigenvalue weighted by atomic mass is 10.2. The Kier molecular flexibility index (Phi) is 7.73. The molecule has 0 saturated carbocycles. The molecule has 0 unspecified atom stereocenters. The molecule has 4 nitrogen and oxygen atoms in total. The van der Waals surface area contributed by atoms with Crippen LogP contribution in [0.2, 0.25) is 0 Å². The smallest absolute Gasteiger partial charge is 0.0596 e. The third-order valence-electron chi connectivity index (χ3n) is 2.96. The number of pyridine rings is 1. The molecular formula is C16H29N3O. The van der Waals surface area contributed by atoms with Gasteiger partial charge in [0.15, 0.2) is 0 Å². The molecule has 0 aliphatic rings. The molecule has 0 aliphatic carbocycles. The standard InChI is InChI=1S/C16H29N3O/c1-13(2)17-10-15-6-7-16(18-11-15)12-19(5)8-9-20-14(3)4/h6-7,11,13-14,17H,8-10,12H2,1-5H3. The van der Waals surface area contributed by atoms with Gasteiger partial charge in [-0.15, -0.1) is 0 Å². The first-order valence-electron chi connectivity index (χ1n) is 7.44. The molecule has 0 aromatic carbocycles. The van der Waals surface area contributed by atoms with Gasteiger partial charge in [0.2, 0.25) is 0 Å².